The van der Waals surface area contributed by atoms with E-state index >= 15 is 0 Å². The number of nitrogens with zero attached hydrogens (tertiary/aromatic N) is 4. The lowest BCUT2D eigenvalue weighted by Crippen LogP contribution is -2.51. The van der Waals surface area contributed by atoms with Crippen LogP contribution in [0.5, 0.6) is 0 Å². The summed E-state index contributed by atoms with van der Waals surface area (Å²) in [6.45, 7) is 7.17. The van der Waals surface area contributed by atoms with Crippen LogP contribution in [0.4, 0.5) is 5.82 Å². The lowest BCUT2D eigenvalue weighted by molar-refractivity contribution is -0.0480. The third-order valence-electron chi connectivity index (χ3n) is 4.71. The zero-order chi connectivity index (χ0) is 13.5. The lowest BCUT2D eigenvalue weighted by Gasteiger charge is -2.36. The normalized spacial score (nSPS) is 30.6. The predicted molar refractivity (Wildman–Crippen MR) is 76.8 cm³/mol. The van der Waals surface area contributed by atoms with E-state index in [1.54, 1.807) is 0 Å². The van der Waals surface area contributed by atoms with E-state index in [2.05, 4.69) is 26.1 Å². The molecular formula is C15H22N4O. The molecule has 3 fully saturated rings. The van der Waals surface area contributed by atoms with Gasteiger partial charge in [-0.05, 0) is 37.8 Å². The summed E-state index contributed by atoms with van der Waals surface area (Å²) >= 11 is 0. The topological polar surface area (TPSA) is 41.5 Å². The van der Waals surface area contributed by atoms with Crippen LogP contribution < -0.4 is 4.90 Å². The van der Waals surface area contributed by atoms with Crippen molar-refractivity contribution in [1.29, 1.82) is 0 Å². The second kappa shape index (κ2) is 4.97. The maximum absolute atomic E-state index is 5.98. The Morgan fingerprint density at radius 3 is 2.90 bits per heavy atom. The molecule has 5 nitrogen and oxygen atoms in total. The van der Waals surface area contributed by atoms with Crippen molar-refractivity contribution < 1.29 is 4.74 Å². The van der Waals surface area contributed by atoms with Crippen LogP contribution in [0, 0.1) is 12.8 Å². The first-order chi connectivity index (χ1) is 9.79. The first-order valence-electron chi connectivity index (χ1n) is 7.70. The minimum Gasteiger partial charge on any atom is -0.373 e. The minimum atomic E-state index is 0.339. The van der Waals surface area contributed by atoms with Gasteiger partial charge in [-0.2, -0.15) is 5.10 Å². The molecule has 2 saturated heterocycles. The maximum atomic E-state index is 5.98. The van der Waals surface area contributed by atoms with Crippen LogP contribution in [0.1, 0.15) is 18.5 Å². The molecule has 108 valence electrons. The first kappa shape index (κ1) is 12.5. The molecule has 1 aliphatic carbocycles. The Balaban J connectivity index is 1.48. The van der Waals surface area contributed by atoms with E-state index in [1.165, 1.54) is 19.4 Å². The fraction of sp³-hybridized carbons (Fsp3) is 0.733. The highest BCUT2D eigenvalue weighted by molar-refractivity contribution is 5.40. The number of ether oxygens (including phenoxy) is 1. The standard InChI is InChI=1S/C15H22N4O/c1-11-2-5-15(17-16-11)19-9-13-14(10-19)20-7-6-18(13)8-12-3-4-12/h2,5,12-14H,3-4,6-10H2,1H3/t13-,14+/m1/s1. The molecule has 4 rings (SSSR count). The summed E-state index contributed by atoms with van der Waals surface area (Å²) in [5.41, 5.74) is 0.969. The highest BCUT2D eigenvalue weighted by Gasteiger charge is 2.42. The van der Waals surface area contributed by atoms with Crippen molar-refractivity contribution in [2.75, 3.05) is 37.7 Å². The number of aromatic nitrogens is 2. The number of hydrogen-bond acceptors (Lipinski definition) is 5. The van der Waals surface area contributed by atoms with Gasteiger partial charge in [0.2, 0.25) is 0 Å². The number of hydrogen-bond donors (Lipinski definition) is 0. The van der Waals surface area contributed by atoms with Gasteiger partial charge in [0.15, 0.2) is 5.82 Å². The zero-order valence-electron chi connectivity index (χ0n) is 12.0. The Morgan fingerprint density at radius 1 is 1.25 bits per heavy atom. The van der Waals surface area contributed by atoms with Crippen LogP contribution in [-0.2, 0) is 4.74 Å². The average molecular weight is 274 g/mol. The molecule has 3 aliphatic rings. The van der Waals surface area contributed by atoms with Crippen molar-refractivity contribution in [2.24, 2.45) is 5.92 Å². The minimum absolute atomic E-state index is 0.339. The summed E-state index contributed by atoms with van der Waals surface area (Å²) < 4.78 is 5.98. The molecule has 1 aromatic heterocycles. The number of anilines is 1. The Kier molecular flexibility index (Phi) is 3.11. The Morgan fingerprint density at radius 2 is 2.15 bits per heavy atom. The van der Waals surface area contributed by atoms with Gasteiger partial charge in [-0.15, -0.1) is 5.10 Å². The Labute approximate surface area is 119 Å². The van der Waals surface area contributed by atoms with Crippen molar-refractivity contribution in [3.05, 3.63) is 17.8 Å². The van der Waals surface area contributed by atoms with Crippen molar-refractivity contribution in [3.63, 3.8) is 0 Å². The summed E-state index contributed by atoms with van der Waals surface area (Å²) in [6.07, 6.45) is 3.18. The fourth-order valence-corrected chi connectivity index (χ4v) is 3.36. The van der Waals surface area contributed by atoms with Crippen molar-refractivity contribution in [1.82, 2.24) is 15.1 Å². The van der Waals surface area contributed by atoms with Gasteiger partial charge in [0.1, 0.15) is 0 Å². The van der Waals surface area contributed by atoms with E-state index in [4.69, 9.17) is 4.74 Å². The van der Waals surface area contributed by atoms with Gasteiger partial charge < -0.3 is 9.64 Å². The monoisotopic (exact) mass is 274 g/mol. The molecule has 5 heteroatoms. The van der Waals surface area contributed by atoms with E-state index in [9.17, 15) is 0 Å². The van der Waals surface area contributed by atoms with Crippen molar-refractivity contribution in [3.8, 4) is 0 Å². The highest BCUT2D eigenvalue weighted by Crippen LogP contribution is 2.33. The number of morpholine rings is 1. The fourth-order valence-electron chi connectivity index (χ4n) is 3.36. The van der Waals surface area contributed by atoms with Gasteiger partial charge in [-0.25, -0.2) is 0 Å². The summed E-state index contributed by atoms with van der Waals surface area (Å²) in [5, 5.41) is 8.49. The molecule has 20 heavy (non-hydrogen) atoms. The van der Waals surface area contributed by atoms with Crippen LogP contribution in [0.3, 0.4) is 0 Å². The summed E-state index contributed by atoms with van der Waals surface area (Å²) in [4.78, 5) is 4.97. The first-order valence-corrected chi connectivity index (χ1v) is 7.70. The second-order valence-corrected chi connectivity index (χ2v) is 6.35. The molecule has 0 amide bonds. The smallest absolute Gasteiger partial charge is 0.151 e. The van der Waals surface area contributed by atoms with Crippen LogP contribution in [0.25, 0.3) is 0 Å². The highest BCUT2D eigenvalue weighted by atomic mass is 16.5. The Bertz CT molecular complexity index is 473. The molecule has 2 atom stereocenters. The van der Waals surface area contributed by atoms with Crippen LogP contribution in [0.15, 0.2) is 12.1 Å². The number of rotatable bonds is 3. The summed E-state index contributed by atoms with van der Waals surface area (Å²) in [7, 11) is 0. The van der Waals surface area contributed by atoms with Crippen LogP contribution >= 0.6 is 0 Å². The summed E-state index contributed by atoms with van der Waals surface area (Å²) in [6, 6.07) is 4.64. The lowest BCUT2D eigenvalue weighted by atomic mass is 10.1. The average Bonchev–Trinajstić information content (AvgIpc) is 3.16. The molecule has 0 spiro atoms. The van der Waals surface area contributed by atoms with E-state index in [1.807, 2.05) is 13.0 Å². The van der Waals surface area contributed by atoms with Crippen LogP contribution in [-0.4, -0.2) is 60.0 Å². The third-order valence-corrected chi connectivity index (χ3v) is 4.71. The molecule has 0 bridgehead atoms. The van der Waals surface area contributed by atoms with Gasteiger partial charge in [0, 0.05) is 26.2 Å². The van der Waals surface area contributed by atoms with Gasteiger partial charge in [0.05, 0.1) is 24.4 Å². The number of aryl methyl sites for hydroxylation is 1. The zero-order valence-corrected chi connectivity index (χ0v) is 12.0. The number of fused-ring (bicyclic) bond motifs is 1. The quantitative estimate of drug-likeness (QED) is 0.825. The maximum Gasteiger partial charge on any atom is 0.151 e. The molecule has 1 aromatic rings. The molecule has 2 aliphatic heterocycles. The molecular weight excluding hydrogens is 252 g/mol. The molecule has 3 heterocycles. The van der Waals surface area contributed by atoms with E-state index in [0.29, 0.717) is 12.1 Å². The van der Waals surface area contributed by atoms with Gasteiger partial charge in [-0.3, -0.25) is 4.90 Å². The van der Waals surface area contributed by atoms with Crippen molar-refractivity contribution in [2.45, 2.75) is 31.9 Å². The second-order valence-electron chi connectivity index (χ2n) is 6.35. The Hall–Kier alpha value is -1.20. The molecule has 1 saturated carbocycles. The van der Waals surface area contributed by atoms with Gasteiger partial charge >= 0.3 is 0 Å². The third kappa shape index (κ3) is 2.40. The largest absolute Gasteiger partial charge is 0.373 e. The van der Waals surface area contributed by atoms with Gasteiger partial charge in [0.25, 0.3) is 0 Å². The van der Waals surface area contributed by atoms with E-state index in [-0.39, 0.29) is 0 Å². The molecule has 0 N–H and O–H groups in total. The SMILES string of the molecule is Cc1ccc(N2C[C@@H]3OCCN(CC4CC4)[C@@H]3C2)nn1. The van der Waals surface area contributed by atoms with E-state index < -0.39 is 0 Å². The summed E-state index contributed by atoms with van der Waals surface area (Å²) in [5.74, 6) is 1.93. The van der Waals surface area contributed by atoms with E-state index in [0.717, 1.165) is 43.7 Å². The molecule has 0 aromatic carbocycles. The molecule has 0 radical (unpaired) electrons. The molecule has 0 unspecified atom stereocenters. The van der Waals surface area contributed by atoms with Crippen molar-refractivity contribution >= 4 is 5.82 Å². The van der Waals surface area contributed by atoms with Gasteiger partial charge in [-0.1, -0.05) is 0 Å². The predicted octanol–water partition coefficient (Wildman–Crippen LogP) is 1.08. The van der Waals surface area contributed by atoms with Crippen LogP contribution in [0.2, 0.25) is 0 Å².